The van der Waals surface area contributed by atoms with Gasteiger partial charge >= 0.3 is 0 Å². The predicted molar refractivity (Wildman–Crippen MR) is 73.3 cm³/mol. The van der Waals surface area contributed by atoms with Gasteiger partial charge in [0.25, 0.3) is 0 Å². The second-order valence-corrected chi connectivity index (χ2v) is 5.74. The minimum Gasteiger partial charge on any atom is -0.388 e. The largest absolute Gasteiger partial charge is 0.388 e. The maximum atomic E-state index is 10.1. The average molecular weight is 303 g/mol. The van der Waals surface area contributed by atoms with E-state index in [9.17, 15) is 5.11 Å². The molecule has 1 aromatic heterocycles. The van der Waals surface area contributed by atoms with Crippen LogP contribution in [-0.4, -0.2) is 33.3 Å². The molecular weight excluding hydrogens is 284 g/mol. The van der Waals surface area contributed by atoms with E-state index in [-0.39, 0.29) is 0 Å². The molecule has 0 amide bonds. The van der Waals surface area contributed by atoms with E-state index in [1.165, 1.54) is 6.33 Å². The summed E-state index contributed by atoms with van der Waals surface area (Å²) >= 11 is 3.43. The number of hydrogen-bond acceptors (Lipinski definition) is 5. The highest BCUT2D eigenvalue weighted by Gasteiger charge is 2.35. The fourth-order valence-electron chi connectivity index (χ4n) is 1.08. The Balaban J connectivity index is 3.04. The van der Waals surface area contributed by atoms with Crippen molar-refractivity contribution in [3.05, 3.63) is 10.8 Å². The molecule has 6 heteroatoms. The summed E-state index contributed by atoms with van der Waals surface area (Å²) in [5, 5.41) is 16.3. The number of aromatic nitrogens is 2. The molecular formula is C11H19BrN4O. The van der Waals surface area contributed by atoms with Gasteiger partial charge in [-0.1, -0.05) is 0 Å². The molecule has 0 fully saturated rings. The second-order valence-electron chi connectivity index (χ2n) is 4.94. The summed E-state index contributed by atoms with van der Waals surface area (Å²) in [6.07, 6.45) is 1.47. The second kappa shape index (κ2) is 4.78. The van der Waals surface area contributed by atoms with Crippen molar-refractivity contribution in [3.8, 4) is 0 Å². The Hall–Kier alpha value is -0.880. The van der Waals surface area contributed by atoms with Crippen LogP contribution in [0.5, 0.6) is 0 Å². The molecule has 0 aliphatic heterocycles. The van der Waals surface area contributed by atoms with Gasteiger partial charge in [0.05, 0.1) is 11.1 Å². The van der Waals surface area contributed by atoms with Crippen LogP contribution in [0.15, 0.2) is 10.8 Å². The first-order valence-electron chi connectivity index (χ1n) is 5.38. The summed E-state index contributed by atoms with van der Waals surface area (Å²) in [5.41, 5.74) is -1.40. The quantitative estimate of drug-likeness (QED) is 0.796. The maximum Gasteiger partial charge on any atom is 0.146 e. The van der Waals surface area contributed by atoms with Crippen LogP contribution in [0.25, 0.3) is 0 Å². The van der Waals surface area contributed by atoms with Crippen molar-refractivity contribution in [2.75, 3.05) is 17.7 Å². The summed E-state index contributed by atoms with van der Waals surface area (Å²) in [5.74, 6) is 1.35. The van der Waals surface area contributed by atoms with E-state index in [1.807, 2.05) is 13.8 Å². The van der Waals surface area contributed by atoms with Gasteiger partial charge in [0.15, 0.2) is 0 Å². The zero-order chi connectivity index (χ0) is 13.3. The Kier molecular flexibility index (Phi) is 3.99. The van der Waals surface area contributed by atoms with E-state index in [0.717, 1.165) is 4.47 Å². The van der Waals surface area contributed by atoms with Gasteiger partial charge in [-0.05, 0) is 43.6 Å². The smallest absolute Gasteiger partial charge is 0.146 e. The van der Waals surface area contributed by atoms with Crippen molar-refractivity contribution in [1.29, 1.82) is 0 Å². The van der Waals surface area contributed by atoms with Gasteiger partial charge in [-0.15, -0.1) is 0 Å². The summed E-state index contributed by atoms with van der Waals surface area (Å²) in [7, 11) is 1.79. The summed E-state index contributed by atoms with van der Waals surface area (Å²) < 4.78 is 0.750. The maximum absolute atomic E-state index is 10.1. The number of nitrogens with zero attached hydrogens (tertiary/aromatic N) is 2. The molecule has 1 rings (SSSR count). The lowest BCUT2D eigenvalue weighted by molar-refractivity contribution is 0.0238. The molecule has 5 nitrogen and oxygen atoms in total. The Morgan fingerprint density at radius 3 is 2.18 bits per heavy atom. The van der Waals surface area contributed by atoms with Gasteiger partial charge in [-0.25, -0.2) is 9.97 Å². The normalized spacial score (nSPS) is 12.4. The third-order valence-corrected chi connectivity index (χ3v) is 3.74. The van der Waals surface area contributed by atoms with Crippen LogP contribution in [0.4, 0.5) is 11.6 Å². The first kappa shape index (κ1) is 14.2. The number of aliphatic hydroxyl groups is 1. The molecule has 0 saturated carbocycles. The van der Waals surface area contributed by atoms with Crippen LogP contribution in [0, 0.1) is 0 Å². The molecule has 1 heterocycles. The van der Waals surface area contributed by atoms with Crippen molar-refractivity contribution in [1.82, 2.24) is 9.97 Å². The lowest BCUT2D eigenvalue weighted by Gasteiger charge is -2.38. The van der Waals surface area contributed by atoms with Gasteiger partial charge in [0.1, 0.15) is 22.4 Å². The highest BCUT2D eigenvalue weighted by Crippen LogP contribution is 2.31. The lowest BCUT2D eigenvalue weighted by atomic mass is 9.86. The SMILES string of the molecule is CNc1ncnc(NC(C)(C)C(C)(C)O)c1Br. The molecule has 0 radical (unpaired) electrons. The van der Waals surface area contributed by atoms with Crippen LogP contribution in [0.3, 0.4) is 0 Å². The van der Waals surface area contributed by atoms with Gasteiger partial charge < -0.3 is 15.7 Å². The zero-order valence-corrected chi connectivity index (χ0v) is 12.4. The van der Waals surface area contributed by atoms with Gasteiger partial charge in [0, 0.05) is 7.05 Å². The molecule has 0 spiro atoms. The molecule has 0 aliphatic carbocycles. The monoisotopic (exact) mass is 302 g/mol. The molecule has 0 aliphatic rings. The molecule has 0 bridgehead atoms. The van der Waals surface area contributed by atoms with Crippen LogP contribution in [0.1, 0.15) is 27.7 Å². The van der Waals surface area contributed by atoms with Crippen LogP contribution in [-0.2, 0) is 0 Å². The minimum atomic E-state index is -0.878. The fraction of sp³-hybridized carbons (Fsp3) is 0.636. The number of nitrogens with one attached hydrogen (secondary N) is 2. The Morgan fingerprint density at radius 2 is 1.71 bits per heavy atom. The predicted octanol–water partition coefficient (Wildman–Crippen LogP) is 2.24. The zero-order valence-electron chi connectivity index (χ0n) is 10.8. The number of anilines is 2. The van der Waals surface area contributed by atoms with Crippen molar-refractivity contribution < 1.29 is 5.11 Å². The van der Waals surface area contributed by atoms with E-state index < -0.39 is 11.1 Å². The third-order valence-electron chi connectivity index (χ3n) is 2.99. The van der Waals surface area contributed by atoms with E-state index in [0.29, 0.717) is 11.6 Å². The fourth-order valence-corrected chi connectivity index (χ4v) is 1.58. The van der Waals surface area contributed by atoms with Crippen LogP contribution >= 0.6 is 15.9 Å². The van der Waals surface area contributed by atoms with Gasteiger partial charge in [-0.2, -0.15) is 0 Å². The topological polar surface area (TPSA) is 70.1 Å². The molecule has 3 N–H and O–H groups in total. The number of rotatable bonds is 4. The molecule has 0 saturated heterocycles. The first-order valence-corrected chi connectivity index (χ1v) is 6.17. The van der Waals surface area contributed by atoms with E-state index in [1.54, 1.807) is 20.9 Å². The van der Waals surface area contributed by atoms with Crippen molar-refractivity contribution >= 4 is 27.6 Å². The van der Waals surface area contributed by atoms with E-state index in [2.05, 4.69) is 36.5 Å². The van der Waals surface area contributed by atoms with Crippen molar-refractivity contribution in [2.45, 2.75) is 38.8 Å². The van der Waals surface area contributed by atoms with Crippen molar-refractivity contribution in [2.24, 2.45) is 0 Å². The average Bonchev–Trinajstić information content (AvgIpc) is 2.19. The Morgan fingerprint density at radius 1 is 1.18 bits per heavy atom. The molecule has 17 heavy (non-hydrogen) atoms. The highest BCUT2D eigenvalue weighted by molar-refractivity contribution is 9.10. The summed E-state index contributed by atoms with van der Waals surface area (Å²) in [6.45, 7) is 7.35. The van der Waals surface area contributed by atoms with Crippen molar-refractivity contribution in [3.63, 3.8) is 0 Å². The molecule has 1 aromatic rings. The lowest BCUT2D eigenvalue weighted by Crippen LogP contribution is -2.51. The minimum absolute atomic E-state index is 0.519. The summed E-state index contributed by atoms with van der Waals surface area (Å²) in [6, 6.07) is 0. The molecule has 0 aromatic carbocycles. The van der Waals surface area contributed by atoms with Gasteiger partial charge in [-0.3, -0.25) is 0 Å². The third kappa shape index (κ3) is 3.07. The highest BCUT2D eigenvalue weighted by atomic mass is 79.9. The number of halogens is 1. The molecule has 96 valence electrons. The van der Waals surface area contributed by atoms with E-state index >= 15 is 0 Å². The van der Waals surface area contributed by atoms with Crippen LogP contribution in [0.2, 0.25) is 0 Å². The summed E-state index contributed by atoms with van der Waals surface area (Å²) in [4.78, 5) is 8.24. The van der Waals surface area contributed by atoms with Gasteiger partial charge in [0.2, 0.25) is 0 Å². The van der Waals surface area contributed by atoms with Crippen LogP contribution < -0.4 is 10.6 Å². The Bertz CT molecular complexity index is 401. The number of hydrogen-bond donors (Lipinski definition) is 3. The van der Waals surface area contributed by atoms with E-state index in [4.69, 9.17) is 0 Å². The standard InChI is InChI=1S/C11H19BrN4O/c1-10(2,11(3,4)17)16-9-7(12)8(13-5)14-6-15-9/h6,17H,1-5H3,(H2,13,14,15,16). The first-order chi connectivity index (χ1) is 7.69. The molecule has 0 atom stereocenters. The molecule has 0 unspecified atom stereocenters. The Labute approximate surface area is 110 Å².